The summed E-state index contributed by atoms with van der Waals surface area (Å²) in [6.07, 6.45) is 3.68. The highest BCUT2D eigenvalue weighted by Gasteiger charge is 2.23. The topological polar surface area (TPSA) is 35.2 Å². The minimum atomic E-state index is 0.475. The summed E-state index contributed by atoms with van der Waals surface area (Å²) in [5, 5.41) is 0. The second-order valence-electron chi connectivity index (χ2n) is 5.66. The molecular weight excluding hydrogens is 222 g/mol. The van der Waals surface area contributed by atoms with E-state index in [-0.39, 0.29) is 0 Å². The lowest BCUT2D eigenvalue weighted by Crippen LogP contribution is -2.09. The summed E-state index contributed by atoms with van der Waals surface area (Å²) in [5.41, 5.74) is 9.60. The number of rotatable bonds is 6. The summed E-state index contributed by atoms with van der Waals surface area (Å²) in [6.45, 7) is 8.16. The molecule has 1 aliphatic carbocycles. The van der Waals surface area contributed by atoms with E-state index in [2.05, 4.69) is 32.9 Å². The van der Waals surface area contributed by atoms with Crippen molar-refractivity contribution in [1.29, 1.82) is 0 Å². The van der Waals surface area contributed by atoms with Crippen LogP contribution in [0.15, 0.2) is 12.1 Å². The van der Waals surface area contributed by atoms with Gasteiger partial charge in [-0.25, -0.2) is 0 Å². The number of ether oxygens (including phenoxy) is 1. The van der Waals surface area contributed by atoms with Crippen molar-refractivity contribution >= 4 is 0 Å². The highest BCUT2D eigenvalue weighted by atomic mass is 16.5. The average molecular weight is 247 g/mol. The third-order valence-electron chi connectivity index (χ3n) is 4.00. The zero-order valence-corrected chi connectivity index (χ0v) is 11.8. The molecule has 0 heterocycles. The molecule has 1 aliphatic rings. The smallest absolute Gasteiger partial charge is 0.125 e. The molecule has 1 atom stereocenters. The minimum Gasteiger partial charge on any atom is -0.493 e. The first-order chi connectivity index (χ1) is 8.63. The van der Waals surface area contributed by atoms with Gasteiger partial charge in [0.1, 0.15) is 5.75 Å². The normalized spacial score (nSPS) is 16.7. The van der Waals surface area contributed by atoms with Gasteiger partial charge in [0.15, 0.2) is 0 Å². The van der Waals surface area contributed by atoms with Crippen molar-refractivity contribution < 1.29 is 4.74 Å². The van der Waals surface area contributed by atoms with Crippen molar-refractivity contribution in [2.45, 2.75) is 46.0 Å². The van der Waals surface area contributed by atoms with Gasteiger partial charge in [-0.15, -0.1) is 0 Å². The summed E-state index contributed by atoms with van der Waals surface area (Å²) in [5.74, 6) is 2.38. The molecule has 0 spiro atoms. The first-order valence-corrected chi connectivity index (χ1v) is 7.06. The Kier molecular flexibility index (Phi) is 4.28. The largest absolute Gasteiger partial charge is 0.493 e. The number of hydrogen-bond donors (Lipinski definition) is 1. The summed E-state index contributed by atoms with van der Waals surface area (Å²) in [7, 11) is 0. The number of nitrogens with two attached hydrogens (primary N) is 1. The number of hydrogen-bond acceptors (Lipinski definition) is 2. The van der Waals surface area contributed by atoms with Crippen molar-refractivity contribution in [2.24, 2.45) is 11.7 Å². The van der Waals surface area contributed by atoms with Crippen molar-refractivity contribution in [3.63, 3.8) is 0 Å². The lowest BCUT2D eigenvalue weighted by molar-refractivity contribution is 0.293. The molecule has 2 rings (SSSR count). The Bertz CT molecular complexity index is 410. The van der Waals surface area contributed by atoms with Gasteiger partial charge < -0.3 is 10.5 Å². The second-order valence-corrected chi connectivity index (χ2v) is 5.66. The fourth-order valence-corrected chi connectivity index (χ4v) is 2.28. The van der Waals surface area contributed by atoms with E-state index >= 15 is 0 Å². The van der Waals surface area contributed by atoms with Crippen LogP contribution in [0.1, 0.15) is 48.8 Å². The molecule has 1 fully saturated rings. The molecule has 2 N–H and O–H groups in total. The monoisotopic (exact) mass is 247 g/mol. The Morgan fingerprint density at radius 1 is 1.33 bits per heavy atom. The van der Waals surface area contributed by atoms with E-state index in [4.69, 9.17) is 10.5 Å². The predicted molar refractivity (Wildman–Crippen MR) is 76.2 cm³/mol. The highest BCUT2D eigenvalue weighted by molar-refractivity contribution is 5.46. The Labute approximate surface area is 111 Å². The van der Waals surface area contributed by atoms with E-state index in [1.807, 2.05) is 0 Å². The zero-order chi connectivity index (χ0) is 13.1. The molecule has 0 bridgehead atoms. The first-order valence-electron chi connectivity index (χ1n) is 7.06. The molecule has 1 unspecified atom stereocenters. The third kappa shape index (κ3) is 3.05. The van der Waals surface area contributed by atoms with Crippen LogP contribution in [0.25, 0.3) is 0 Å². The maximum atomic E-state index is 6.10. The van der Waals surface area contributed by atoms with Crippen LogP contribution in [-0.4, -0.2) is 13.2 Å². The fraction of sp³-hybridized carbons (Fsp3) is 0.625. The van der Waals surface area contributed by atoms with Gasteiger partial charge in [-0.1, -0.05) is 19.1 Å². The van der Waals surface area contributed by atoms with Crippen LogP contribution in [0.3, 0.4) is 0 Å². The van der Waals surface area contributed by atoms with Crippen LogP contribution in [0.2, 0.25) is 0 Å². The quantitative estimate of drug-likeness (QED) is 0.834. The van der Waals surface area contributed by atoms with Crippen molar-refractivity contribution in [2.75, 3.05) is 13.2 Å². The van der Waals surface area contributed by atoms with Crippen LogP contribution in [-0.2, 0) is 0 Å². The van der Waals surface area contributed by atoms with Crippen molar-refractivity contribution in [3.8, 4) is 5.75 Å². The van der Waals surface area contributed by atoms with Crippen LogP contribution in [0, 0.1) is 19.8 Å². The van der Waals surface area contributed by atoms with Gasteiger partial charge in [-0.05, 0) is 68.2 Å². The summed E-state index contributed by atoms with van der Waals surface area (Å²) in [6, 6.07) is 4.41. The van der Waals surface area contributed by atoms with Crippen LogP contribution in [0.4, 0.5) is 0 Å². The molecule has 0 amide bonds. The van der Waals surface area contributed by atoms with Gasteiger partial charge in [-0.3, -0.25) is 0 Å². The SMILES string of the molecule is Cc1ccc(C(C)CCN)c(OCC2CC2)c1C. The number of benzene rings is 1. The van der Waals surface area contributed by atoms with E-state index in [0.717, 1.165) is 31.2 Å². The highest BCUT2D eigenvalue weighted by Crippen LogP contribution is 2.36. The molecule has 0 aliphatic heterocycles. The van der Waals surface area contributed by atoms with Crippen molar-refractivity contribution in [1.82, 2.24) is 0 Å². The third-order valence-corrected chi connectivity index (χ3v) is 4.00. The lowest BCUT2D eigenvalue weighted by atomic mass is 9.93. The maximum Gasteiger partial charge on any atom is 0.125 e. The summed E-state index contributed by atoms with van der Waals surface area (Å²) in [4.78, 5) is 0. The van der Waals surface area contributed by atoms with E-state index in [9.17, 15) is 0 Å². The van der Waals surface area contributed by atoms with Gasteiger partial charge in [0.25, 0.3) is 0 Å². The first kappa shape index (κ1) is 13.4. The number of aryl methyl sites for hydroxylation is 1. The Morgan fingerprint density at radius 2 is 2.06 bits per heavy atom. The molecule has 1 aromatic carbocycles. The van der Waals surface area contributed by atoms with Gasteiger partial charge in [0, 0.05) is 0 Å². The molecule has 1 aromatic rings. The standard InChI is InChI=1S/C16H25NO/c1-11-4-7-15(12(2)8-9-17)16(13(11)3)18-10-14-5-6-14/h4,7,12,14H,5-6,8-10,17H2,1-3H3. The fourth-order valence-electron chi connectivity index (χ4n) is 2.28. The van der Waals surface area contributed by atoms with Crippen LogP contribution < -0.4 is 10.5 Å². The summed E-state index contributed by atoms with van der Waals surface area (Å²) < 4.78 is 6.10. The predicted octanol–water partition coefficient (Wildman–Crippen LogP) is 3.54. The van der Waals surface area contributed by atoms with Crippen LogP contribution >= 0.6 is 0 Å². The van der Waals surface area contributed by atoms with Crippen LogP contribution in [0.5, 0.6) is 5.75 Å². The van der Waals surface area contributed by atoms with E-state index < -0.39 is 0 Å². The molecule has 18 heavy (non-hydrogen) atoms. The van der Waals surface area contributed by atoms with Gasteiger partial charge in [0.2, 0.25) is 0 Å². The van der Waals surface area contributed by atoms with E-state index in [0.29, 0.717) is 5.92 Å². The Hall–Kier alpha value is -1.02. The molecule has 0 aromatic heterocycles. The minimum absolute atomic E-state index is 0.475. The van der Waals surface area contributed by atoms with E-state index in [1.165, 1.54) is 29.5 Å². The van der Waals surface area contributed by atoms with E-state index in [1.54, 1.807) is 0 Å². The molecule has 1 saturated carbocycles. The molecule has 0 radical (unpaired) electrons. The van der Waals surface area contributed by atoms with Gasteiger partial charge >= 0.3 is 0 Å². The van der Waals surface area contributed by atoms with Gasteiger partial charge in [0.05, 0.1) is 6.61 Å². The Morgan fingerprint density at radius 3 is 2.67 bits per heavy atom. The lowest BCUT2D eigenvalue weighted by Gasteiger charge is -2.20. The molecule has 2 nitrogen and oxygen atoms in total. The molecule has 0 saturated heterocycles. The Balaban J connectivity index is 2.22. The molecule has 100 valence electrons. The summed E-state index contributed by atoms with van der Waals surface area (Å²) >= 11 is 0. The molecular formula is C16H25NO. The molecule has 2 heteroatoms. The zero-order valence-electron chi connectivity index (χ0n) is 11.8. The van der Waals surface area contributed by atoms with Gasteiger partial charge in [-0.2, -0.15) is 0 Å². The average Bonchev–Trinajstić information content (AvgIpc) is 3.15. The second kappa shape index (κ2) is 5.75. The maximum absolute atomic E-state index is 6.10. The van der Waals surface area contributed by atoms with Crippen molar-refractivity contribution in [3.05, 3.63) is 28.8 Å².